The van der Waals surface area contributed by atoms with Crippen molar-refractivity contribution in [3.8, 4) is 0 Å². The van der Waals surface area contributed by atoms with Crippen LogP contribution in [0, 0.1) is 0 Å². The summed E-state index contributed by atoms with van der Waals surface area (Å²) in [5.41, 5.74) is 0. The van der Waals surface area contributed by atoms with Crippen LogP contribution >= 0.6 is 0 Å². The fourth-order valence-electron chi connectivity index (χ4n) is 2.00. The highest BCUT2D eigenvalue weighted by molar-refractivity contribution is 5.81. The van der Waals surface area contributed by atoms with Crippen LogP contribution in [0.3, 0.4) is 0 Å². The summed E-state index contributed by atoms with van der Waals surface area (Å²) < 4.78 is 5.82. The number of hydrogen-bond donors (Lipinski definition) is 1. The lowest BCUT2D eigenvalue weighted by molar-refractivity contribution is -0.966. The molecule has 0 rings (SSSR count). The Bertz CT molecular complexity index is 234. The van der Waals surface area contributed by atoms with Gasteiger partial charge >= 0.3 is 5.97 Å². The predicted molar refractivity (Wildman–Crippen MR) is 63.6 cm³/mol. The Kier molecular flexibility index (Phi) is 6.29. The van der Waals surface area contributed by atoms with E-state index in [1.165, 1.54) is 6.08 Å². The quantitative estimate of drug-likeness (QED) is 0.310. The number of esters is 1. The van der Waals surface area contributed by atoms with Gasteiger partial charge in [0.2, 0.25) is 6.23 Å². The monoisotopic (exact) mass is 230 g/mol. The maximum atomic E-state index is 11.2. The molecule has 4 nitrogen and oxygen atoms in total. The van der Waals surface area contributed by atoms with Crippen LogP contribution in [0.4, 0.5) is 0 Å². The normalized spacial score (nSPS) is 15.3. The molecule has 0 aliphatic carbocycles. The van der Waals surface area contributed by atoms with Gasteiger partial charge in [-0.2, -0.15) is 0 Å². The van der Waals surface area contributed by atoms with E-state index in [9.17, 15) is 9.90 Å². The largest absolute Gasteiger partial charge is 0.410 e. The van der Waals surface area contributed by atoms with Crippen LogP contribution in [0.2, 0.25) is 0 Å². The Labute approximate surface area is 98.1 Å². The summed E-state index contributed by atoms with van der Waals surface area (Å²) in [5.74, 6) is -0.414. The van der Waals surface area contributed by atoms with E-state index in [1.807, 2.05) is 20.8 Å². The number of carbonyl (C=O) groups is 1. The molecule has 0 aliphatic rings. The summed E-state index contributed by atoms with van der Waals surface area (Å²) in [5, 5.41) is 9.51. The SMILES string of the molecule is C=CC(=O)OC(C)[N+](CC)(CC)CC(C)O. The number of hydrogen-bond acceptors (Lipinski definition) is 3. The molecule has 0 saturated carbocycles. The van der Waals surface area contributed by atoms with Crippen molar-refractivity contribution in [2.75, 3.05) is 19.6 Å². The second kappa shape index (κ2) is 6.66. The lowest BCUT2D eigenvalue weighted by atomic mass is 10.2. The van der Waals surface area contributed by atoms with Crippen LogP contribution in [0.5, 0.6) is 0 Å². The Morgan fingerprint density at radius 2 is 1.94 bits per heavy atom. The van der Waals surface area contributed by atoms with Gasteiger partial charge in [-0.05, 0) is 20.8 Å². The number of ether oxygens (including phenoxy) is 1. The molecular weight excluding hydrogens is 206 g/mol. The third-order valence-electron chi connectivity index (χ3n) is 3.11. The van der Waals surface area contributed by atoms with Crippen molar-refractivity contribution in [2.24, 2.45) is 0 Å². The zero-order valence-electron chi connectivity index (χ0n) is 10.8. The smallest absolute Gasteiger partial charge is 0.334 e. The first kappa shape index (κ1) is 15.1. The molecule has 0 fully saturated rings. The summed E-state index contributed by atoms with van der Waals surface area (Å²) in [6, 6.07) is 0. The van der Waals surface area contributed by atoms with Gasteiger partial charge in [0, 0.05) is 13.0 Å². The number of quaternary nitrogens is 1. The highest BCUT2D eigenvalue weighted by atomic mass is 16.6. The summed E-state index contributed by atoms with van der Waals surface area (Å²) in [4.78, 5) is 11.2. The second-order valence-electron chi connectivity index (χ2n) is 4.12. The first-order valence-corrected chi connectivity index (χ1v) is 5.78. The minimum Gasteiger partial charge on any atom is -0.410 e. The lowest BCUT2D eigenvalue weighted by Gasteiger charge is -2.41. The molecule has 16 heavy (non-hydrogen) atoms. The van der Waals surface area contributed by atoms with Gasteiger partial charge in [0.05, 0.1) is 13.1 Å². The van der Waals surface area contributed by atoms with E-state index in [0.29, 0.717) is 11.0 Å². The predicted octanol–water partition coefficient (Wildman–Crippen LogP) is 1.30. The van der Waals surface area contributed by atoms with Gasteiger partial charge in [-0.25, -0.2) is 4.79 Å². The number of rotatable bonds is 7. The number of nitrogens with zero attached hydrogens (tertiary/aromatic N) is 1. The van der Waals surface area contributed by atoms with E-state index < -0.39 is 12.1 Å². The Morgan fingerprint density at radius 1 is 1.44 bits per heavy atom. The molecule has 0 heterocycles. The minimum atomic E-state index is -0.414. The fraction of sp³-hybridized carbons (Fsp3) is 0.750. The van der Waals surface area contributed by atoms with Crippen molar-refractivity contribution in [3.05, 3.63) is 12.7 Å². The second-order valence-corrected chi connectivity index (χ2v) is 4.12. The molecule has 1 N–H and O–H groups in total. The van der Waals surface area contributed by atoms with Crippen molar-refractivity contribution < 1.29 is 19.1 Å². The zero-order chi connectivity index (χ0) is 12.8. The average Bonchev–Trinajstić information content (AvgIpc) is 2.25. The molecule has 0 aromatic rings. The molecule has 0 amide bonds. The van der Waals surface area contributed by atoms with Crippen molar-refractivity contribution in [1.29, 1.82) is 0 Å². The Balaban J connectivity index is 4.73. The molecule has 0 bridgehead atoms. The molecule has 0 aliphatic heterocycles. The topological polar surface area (TPSA) is 46.5 Å². The van der Waals surface area contributed by atoms with Gasteiger partial charge in [-0.3, -0.25) is 4.48 Å². The highest BCUT2D eigenvalue weighted by Gasteiger charge is 2.34. The molecule has 0 aromatic heterocycles. The number of aliphatic hydroxyl groups is 1. The molecule has 4 heteroatoms. The van der Waals surface area contributed by atoms with E-state index in [-0.39, 0.29) is 6.23 Å². The molecule has 2 atom stereocenters. The molecule has 0 spiro atoms. The molecule has 94 valence electrons. The van der Waals surface area contributed by atoms with Crippen LogP contribution in [0.1, 0.15) is 27.7 Å². The van der Waals surface area contributed by atoms with Crippen LogP contribution in [0.25, 0.3) is 0 Å². The van der Waals surface area contributed by atoms with Crippen LogP contribution in [0.15, 0.2) is 12.7 Å². The lowest BCUT2D eigenvalue weighted by Crippen LogP contribution is -2.58. The van der Waals surface area contributed by atoms with Gasteiger partial charge in [0.25, 0.3) is 0 Å². The van der Waals surface area contributed by atoms with Gasteiger partial charge in [-0.1, -0.05) is 6.58 Å². The van der Waals surface area contributed by atoms with Gasteiger partial charge in [-0.15, -0.1) is 0 Å². The summed E-state index contributed by atoms with van der Waals surface area (Å²) >= 11 is 0. The van der Waals surface area contributed by atoms with Gasteiger partial charge in [0.15, 0.2) is 0 Å². The van der Waals surface area contributed by atoms with E-state index in [2.05, 4.69) is 6.58 Å². The summed E-state index contributed by atoms with van der Waals surface area (Å²) in [6.45, 7) is 13.3. The molecular formula is C12H24NO3+. The van der Waals surface area contributed by atoms with E-state index in [1.54, 1.807) is 6.92 Å². The summed E-state index contributed by atoms with van der Waals surface area (Å²) in [6.07, 6.45) is 0.485. The molecule has 2 unspecified atom stereocenters. The third-order valence-corrected chi connectivity index (χ3v) is 3.11. The molecule has 0 aromatic carbocycles. The maximum absolute atomic E-state index is 11.2. The maximum Gasteiger partial charge on any atom is 0.334 e. The number of carbonyl (C=O) groups excluding carboxylic acids is 1. The van der Waals surface area contributed by atoms with Gasteiger partial charge < -0.3 is 9.84 Å². The van der Waals surface area contributed by atoms with Crippen molar-refractivity contribution >= 4 is 5.97 Å². The first-order valence-electron chi connectivity index (χ1n) is 5.78. The Morgan fingerprint density at radius 3 is 2.25 bits per heavy atom. The van der Waals surface area contributed by atoms with E-state index in [4.69, 9.17) is 4.74 Å². The van der Waals surface area contributed by atoms with E-state index in [0.717, 1.165) is 13.1 Å². The van der Waals surface area contributed by atoms with Crippen molar-refractivity contribution in [1.82, 2.24) is 0 Å². The third kappa shape index (κ3) is 3.94. The average molecular weight is 230 g/mol. The van der Waals surface area contributed by atoms with Gasteiger partial charge in [0.1, 0.15) is 12.6 Å². The van der Waals surface area contributed by atoms with Crippen LogP contribution in [-0.4, -0.2) is 47.5 Å². The minimum absolute atomic E-state index is 0.268. The molecule has 0 radical (unpaired) electrons. The number of aliphatic hydroxyl groups excluding tert-OH is 1. The van der Waals surface area contributed by atoms with Crippen molar-refractivity contribution in [2.45, 2.75) is 40.0 Å². The van der Waals surface area contributed by atoms with Crippen molar-refractivity contribution in [3.63, 3.8) is 0 Å². The highest BCUT2D eigenvalue weighted by Crippen LogP contribution is 2.16. The molecule has 0 saturated heterocycles. The zero-order valence-corrected chi connectivity index (χ0v) is 10.8. The fourth-order valence-corrected chi connectivity index (χ4v) is 2.00. The first-order chi connectivity index (χ1) is 7.41. The van der Waals surface area contributed by atoms with E-state index >= 15 is 0 Å². The standard InChI is InChI=1S/C12H24NO3/c1-6-12(15)16-11(5)13(7-2,8-3)9-10(4)14/h6,10-11,14H,1,7-9H2,2-5H3/q+1. The Hall–Kier alpha value is -0.870. The van der Waals surface area contributed by atoms with Crippen LogP contribution < -0.4 is 0 Å². The summed E-state index contributed by atoms with van der Waals surface area (Å²) in [7, 11) is 0. The van der Waals surface area contributed by atoms with Crippen LogP contribution in [-0.2, 0) is 9.53 Å². The number of likely N-dealkylation sites (N-methyl/N-ethyl adjacent to an activating group) is 1.